The number of halogens is 1. The van der Waals surface area contributed by atoms with E-state index in [1.54, 1.807) is 0 Å². The number of hydrogen-bond acceptors (Lipinski definition) is 3. The van der Waals surface area contributed by atoms with Crippen molar-refractivity contribution < 1.29 is 0 Å². The summed E-state index contributed by atoms with van der Waals surface area (Å²) in [6.45, 7) is 3.44. The largest absolute Gasteiger partial charge is 0.370 e. The summed E-state index contributed by atoms with van der Waals surface area (Å²) in [7, 11) is 3.93. The topological polar surface area (TPSA) is 66.5 Å². The van der Waals surface area contributed by atoms with Gasteiger partial charge in [-0.3, -0.25) is 0 Å². The predicted molar refractivity (Wildman–Crippen MR) is 87.6 cm³/mol. The number of pyridine rings is 1. The molecule has 0 atom stereocenters. The Bertz CT molecular complexity index is 378. The number of aliphatic imine (C=N–C) groups is 1. The van der Waals surface area contributed by atoms with E-state index in [0.717, 1.165) is 24.5 Å². The molecule has 0 unspecified atom stereocenters. The Morgan fingerprint density at radius 3 is 2.78 bits per heavy atom. The number of nitrogens with zero attached hydrogens (tertiary/aromatic N) is 3. The Labute approximate surface area is 126 Å². The van der Waals surface area contributed by atoms with Crippen LogP contribution >= 0.6 is 24.0 Å². The molecule has 0 bridgehead atoms. The van der Waals surface area contributed by atoms with Crippen molar-refractivity contribution in [3.05, 3.63) is 23.9 Å². The Kier molecular flexibility index (Phi) is 8.43. The molecule has 1 heterocycles. The van der Waals surface area contributed by atoms with Gasteiger partial charge < -0.3 is 16.0 Å². The van der Waals surface area contributed by atoms with Crippen LogP contribution in [0.2, 0.25) is 0 Å². The number of nitrogens with one attached hydrogen (secondary N) is 1. The van der Waals surface area contributed by atoms with Crippen LogP contribution in [0.4, 0.5) is 5.82 Å². The SMILES string of the molecule is CCCNC(N)=NCc1cccc(N(C)C)n1.I. The first-order valence-electron chi connectivity index (χ1n) is 5.80. The van der Waals surface area contributed by atoms with Gasteiger partial charge in [-0.25, -0.2) is 9.98 Å². The molecule has 0 aliphatic carbocycles. The summed E-state index contributed by atoms with van der Waals surface area (Å²) in [5.74, 6) is 1.40. The molecule has 5 nitrogen and oxygen atoms in total. The van der Waals surface area contributed by atoms with Gasteiger partial charge in [0.05, 0.1) is 12.2 Å². The van der Waals surface area contributed by atoms with Crippen molar-refractivity contribution in [2.45, 2.75) is 19.9 Å². The molecule has 0 radical (unpaired) electrons. The summed E-state index contributed by atoms with van der Waals surface area (Å²) in [6, 6.07) is 5.89. The number of hydrogen-bond donors (Lipinski definition) is 2. The van der Waals surface area contributed by atoms with Crippen molar-refractivity contribution in [1.82, 2.24) is 10.3 Å². The molecule has 1 rings (SSSR count). The minimum Gasteiger partial charge on any atom is -0.370 e. The van der Waals surface area contributed by atoms with E-state index < -0.39 is 0 Å². The second-order valence-corrected chi connectivity index (χ2v) is 4.01. The van der Waals surface area contributed by atoms with Gasteiger partial charge in [0.2, 0.25) is 0 Å². The third kappa shape index (κ3) is 6.04. The van der Waals surface area contributed by atoms with Crippen molar-refractivity contribution in [1.29, 1.82) is 0 Å². The van der Waals surface area contributed by atoms with Crippen LogP contribution in [-0.2, 0) is 6.54 Å². The lowest BCUT2D eigenvalue weighted by Gasteiger charge is -2.11. The van der Waals surface area contributed by atoms with Crippen molar-refractivity contribution in [2.24, 2.45) is 10.7 Å². The van der Waals surface area contributed by atoms with E-state index in [1.165, 1.54) is 0 Å². The molecule has 1 aromatic heterocycles. The van der Waals surface area contributed by atoms with E-state index in [1.807, 2.05) is 37.2 Å². The molecule has 0 spiro atoms. The van der Waals surface area contributed by atoms with Gasteiger partial charge in [-0.2, -0.15) is 0 Å². The summed E-state index contributed by atoms with van der Waals surface area (Å²) in [6.07, 6.45) is 1.03. The van der Waals surface area contributed by atoms with Gasteiger partial charge in [-0.05, 0) is 18.6 Å². The molecule has 18 heavy (non-hydrogen) atoms. The third-order valence-electron chi connectivity index (χ3n) is 2.22. The second-order valence-electron chi connectivity index (χ2n) is 4.01. The maximum Gasteiger partial charge on any atom is 0.188 e. The standard InChI is InChI=1S/C12H21N5.HI/c1-4-8-14-12(13)15-9-10-6-5-7-11(16-10)17(2)3;/h5-7H,4,8-9H2,1-3H3,(H3,13,14,15);1H. The molecule has 0 aliphatic heterocycles. The van der Waals surface area contributed by atoms with Gasteiger partial charge in [-0.15, -0.1) is 24.0 Å². The minimum atomic E-state index is 0. The highest BCUT2D eigenvalue weighted by Crippen LogP contribution is 2.08. The summed E-state index contributed by atoms with van der Waals surface area (Å²) >= 11 is 0. The average molecular weight is 363 g/mol. The van der Waals surface area contributed by atoms with E-state index in [0.29, 0.717) is 12.5 Å². The van der Waals surface area contributed by atoms with E-state index in [-0.39, 0.29) is 24.0 Å². The minimum absolute atomic E-state index is 0. The first-order chi connectivity index (χ1) is 8.13. The van der Waals surface area contributed by atoms with Crippen molar-refractivity contribution in [2.75, 3.05) is 25.5 Å². The summed E-state index contributed by atoms with van der Waals surface area (Å²) < 4.78 is 0. The Morgan fingerprint density at radius 1 is 1.44 bits per heavy atom. The van der Waals surface area contributed by atoms with Crippen LogP contribution in [0.3, 0.4) is 0 Å². The lowest BCUT2D eigenvalue weighted by atomic mass is 10.3. The zero-order valence-corrected chi connectivity index (χ0v) is 13.5. The zero-order chi connectivity index (χ0) is 12.7. The molecule has 102 valence electrons. The Morgan fingerprint density at radius 2 is 2.17 bits per heavy atom. The normalized spacial score (nSPS) is 10.7. The van der Waals surface area contributed by atoms with E-state index in [4.69, 9.17) is 5.73 Å². The molecule has 0 aliphatic rings. The molecule has 3 N–H and O–H groups in total. The van der Waals surface area contributed by atoms with E-state index in [2.05, 4.69) is 22.2 Å². The van der Waals surface area contributed by atoms with E-state index >= 15 is 0 Å². The van der Waals surface area contributed by atoms with Crippen molar-refractivity contribution in [3.8, 4) is 0 Å². The Hall–Kier alpha value is -1.05. The van der Waals surface area contributed by atoms with Crippen LogP contribution in [0.15, 0.2) is 23.2 Å². The highest BCUT2D eigenvalue weighted by molar-refractivity contribution is 14.0. The molecule has 6 heteroatoms. The first kappa shape index (κ1) is 16.9. The highest BCUT2D eigenvalue weighted by Gasteiger charge is 1.99. The molecule has 0 fully saturated rings. The molecular formula is C12H22IN5. The quantitative estimate of drug-likeness (QED) is 0.474. The number of guanidine groups is 1. The van der Waals surface area contributed by atoms with Gasteiger partial charge >= 0.3 is 0 Å². The predicted octanol–water partition coefficient (Wildman–Crippen LogP) is 1.58. The summed E-state index contributed by atoms with van der Waals surface area (Å²) in [4.78, 5) is 10.7. The molecular weight excluding hydrogens is 341 g/mol. The average Bonchev–Trinajstić information content (AvgIpc) is 2.34. The highest BCUT2D eigenvalue weighted by atomic mass is 127. The maximum absolute atomic E-state index is 5.71. The summed E-state index contributed by atoms with van der Waals surface area (Å²) in [5, 5.41) is 3.03. The molecule has 0 saturated carbocycles. The van der Waals surface area contributed by atoms with E-state index in [9.17, 15) is 0 Å². The third-order valence-corrected chi connectivity index (χ3v) is 2.22. The van der Waals surface area contributed by atoms with Gasteiger partial charge in [0.1, 0.15) is 5.82 Å². The monoisotopic (exact) mass is 363 g/mol. The second kappa shape index (κ2) is 8.96. The van der Waals surface area contributed by atoms with Crippen molar-refractivity contribution in [3.63, 3.8) is 0 Å². The van der Waals surface area contributed by atoms with Crippen LogP contribution in [-0.4, -0.2) is 31.6 Å². The molecule has 0 amide bonds. The van der Waals surface area contributed by atoms with Crippen LogP contribution in [0.1, 0.15) is 19.0 Å². The van der Waals surface area contributed by atoms with Crippen LogP contribution in [0.5, 0.6) is 0 Å². The van der Waals surface area contributed by atoms with Gasteiger partial charge in [0, 0.05) is 20.6 Å². The van der Waals surface area contributed by atoms with Crippen LogP contribution in [0.25, 0.3) is 0 Å². The van der Waals surface area contributed by atoms with Gasteiger partial charge in [0.15, 0.2) is 5.96 Å². The van der Waals surface area contributed by atoms with Crippen LogP contribution in [0, 0.1) is 0 Å². The lowest BCUT2D eigenvalue weighted by molar-refractivity contribution is 0.822. The van der Waals surface area contributed by atoms with Crippen molar-refractivity contribution >= 4 is 35.8 Å². The molecule has 0 saturated heterocycles. The fourth-order valence-corrected chi connectivity index (χ4v) is 1.28. The number of nitrogens with two attached hydrogens (primary N) is 1. The lowest BCUT2D eigenvalue weighted by Crippen LogP contribution is -2.32. The molecule has 0 aromatic carbocycles. The summed E-state index contributed by atoms with van der Waals surface area (Å²) in [5.41, 5.74) is 6.62. The Balaban J connectivity index is 0.00000289. The fraction of sp³-hybridized carbons (Fsp3) is 0.500. The number of anilines is 1. The first-order valence-corrected chi connectivity index (χ1v) is 5.80. The van der Waals surface area contributed by atoms with Gasteiger partial charge in [-0.1, -0.05) is 13.0 Å². The van der Waals surface area contributed by atoms with Crippen LogP contribution < -0.4 is 16.0 Å². The number of aromatic nitrogens is 1. The maximum atomic E-state index is 5.71. The fourth-order valence-electron chi connectivity index (χ4n) is 1.28. The molecule has 1 aromatic rings. The van der Waals surface area contributed by atoms with Gasteiger partial charge in [0.25, 0.3) is 0 Å². The number of rotatable bonds is 5. The smallest absolute Gasteiger partial charge is 0.188 e. The zero-order valence-electron chi connectivity index (χ0n) is 11.2.